The lowest BCUT2D eigenvalue weighted by molar-refractivity contribution is -0.137. The number of carbonyl (C=O) groups excluding carboxylic acids is 1. The highest BCUT2D eigenvalue weighted by atomic mass is 16.2. The number of likely N-dealkylation sites (N-methyl/N-ethyl adjacent to an activating group) is 1. The van der Waals surface area contributed by atoms with E-state index < -0.39 is 0 Å². The van der Waals surface area contributed by atoms with Crippen molar-refractivity contribution < 1.29 is 4.79 Å². The molecule has 0 unspecified atom stereocenters. The van der Waals surface area contributed by atoms with Crippen molar-refractivity contribution in [3.63, 3.8) is 0 Å². The van der Waals surface area contributed by atoms with Crippen molar-refractivity contribution in [2.24, 2.45) is 0 Å². The second kappa shape index (κ2) is 7.56. The molecule has 0 radical (unpaired) electrons. The van der Waals surface area contributed by atoms with Crippen molar-refractivity contribution in [3.8, 4) is 0 Å². The number of amides is 1. The Kier molecular flexibility index (Phi) is 4.96. The molecule has 28 heavy (non-hydrogen) atoms. The summed E-state index contributed by atoms with van der Waals surface area (Å²) >= 11 is 0. The molecule has 1 fully saturated rings. The van der Waals surface area contributed by atoms with Gasteiger partial charge in [0.25, 0.3) is 5.56 Å². The van der Waals surface area contributed by atoms with Gasteiger partial charge in [-0.05, 0) is 25.6 Å². The van der Waals surface area contributed by atoms with Crippen LogP contribution in [0.5, 0.6) is 0 Å². The molecular weight excluding hydrogens is 352 g/mol. The first-order valence-corrected chi connectivity index (χ1v) is 9.54. The summed E-state index contributed by atoms with van der Waals surface area (Å²) in [5.41, 5.74) is 1.64. The molecule has 1 aliphatic rings. The number of aryl methyl sites for hydroxylation is 1. The van der Waals surface area contributed by atoms with Crippen LogP contribution in [0.1, 0.15) is 17.3 Å². The first-order valence-electron chi connectivity index (χ1n) is 9.54. The SMILES string of the molecule is Cc1nn(CC(=O)N2CCN(C)C[C@H]2c2ccccc2)c(=O)c2ccccc12. The standard InChI is InChI=1S/C22H24N4O2/c1-16-18-10-6-7-11-19(18)22(28)26(23-16)15-21(27)25-13-12-24(2)14-20(25)17-8-4-3-5-9-17/h3-11,20H,12-15H2,1-2H3/t20-/m0/s1. The van der Waals surface area contributed by atoms with Gasteiger partial charge in [0.15, 0.2) is 0 Å². The zero-order chi connectivity index (χ0) is 19.7. The quantitative estimate of drug-likeness (QED) is 0.703. The zero-order valence-electron chi connectivity index (χ0n) is 16.2. The maximum Gasteiger partial charge on any atom is 0.275 e. The van der Waals surface area contributed by atoms with Gasteiger partial charge in [0.05, 0.1) is 17.1 Å². The maximum atomic E-state index is 13.2. The Morgan fingerprint density at radius 1 is 1.04 bits per heavy atom. The van der Waals surface area contributed by atoms with Gasteiger partial charge in [-0.25, -0.2) is 4.68 Å². The van der Waals surface area contributed by atoms with E-state index in [4.69, 9.17) is 0 Å². The van der Waals surface area contributed by atoms with Crippen LogP contribution in [0.15, 0.2) is 59.4 Å². The van der Waals surface area contributed by atoms with Crippen LogP contribution in [0, 0.1) is 6.92 Å². The van der Waals surface area contributed by atoms with Crippen molar-refractivity contribution in [2.75, 3.05) is 26.7 Å². The predicted octanol–water partition coefficient (Wildman–Crippen LogP) is 2.22. The number of hydrogen-bond acceptors (Lipinski definition) is 4. The highest BCUT2D eigenvalue weighted by Gasteiger charge is 2.30. The lowest BCUT2D eigenvalue weighted by Gasteiger charge is -2.40. The van der Waals surface area contributed by atoms with Crippen LogP contribution in [0.3, 0.4) is 0 Å². The molecule has 4 rings (SSSR count). The van der Waals surface area contributed by atoms with Crippen LogP contribution < -0.4 is 5.56 Å². The average molecular weight is 376 g/mol. The fourth-order valence-corrected chi connectivity index (χ4v) is 3.91. The number of nitrogens with zero attached hydrogens (tertiary/aromatic N) is 4. The number of rotatable bonds is 3. The van der Waals surface area contributed by atoms with E-state index in [1.54, 1.807) is 6.07 Å². The highest BCUT2D eigenvalue weighted by Crippen LogP contribution is 2.25. The Balaban J connectivity index is 1.65. The van der Waals surface area contributed by atoms with Crippen LogP contribution in [0.2, 0.25) is 0 Å². The van der Waals surface area contributed by atoms with Crippen molar-refractivity contribution >= 4 is 16.7 Å². The predicted molar refractivity (Wildman–Crippen MR) is 109 cm³/mol. The Bertz CT molecular complexity index is 1060. The highest BCUT2D eigenvalue weighted by molar-refractivity contribution is 5.83. The van der Waals surface area contributed by atoms with Gasteiger partial charge in [0.2, 0.25) is 5.91 Å². The molecule has 1 atom stereocenters. The molecule has 0 bridgehead atoms. The molecule has 1 amide bonds. The summed E-state index contributed by atoms with van der Waals surface area (Å²) in [6.45, 7) is 4.04. The third-order valence-electron chi connectivity index (χ3n) is 5.43. The van der Waals surface area contributed by atoms with Gasteiger partial charge in [0.1, 0.15) is 6.54 Å². The fraction of sp³-hybridized carbons (Fsp3) is 0.318. The molecule has 1 aromatic heterocycles. The number of fused-ring (bicyclic) bond motifs is 1. The minimum Gasteiger partial charge on any atom is -0.331 e. The molecule has 1 saturated heterocycles. The Morgan fingerprint density at radius 2 is 1.71 bits per heavy atom. The van der Waals surface area contributed by atoms with Crippen molar-refractivity contribution in [1.29, 1.82) is 0 Å². The average Bonchev–Trinajstić information content (AvgIpc) is 2.72. The van der Waals surface area contributed by atoms with Gasteiger partial charge in [0, 0.05) is 25.0 Å². The third kappa shape index (κ3) is 3.43. The Morgan fingerprint density at radius 3 is 2.46 bits per heavy atom. The summed E-state index contributed by atoms with van der Waals surface area (Å²) in [6.07, 6.45) is 0. The second-order valence-electron chi connectivity index (χ2n) is 7.37. The molecule has 6 nitrogen and oxygen atoms in total. The minimum absolute atomic E-state index is 0.0234. The van der Waals surface area contributed by atoms with Crippen LogP contribution in [0.25, 0.3) is 10.8 Å². The van der Waals surface area contributed by atoms with Gasteiger partial charge in [-0.15, -0.1) is 0 Å². The molecule has 1 aliphatic heterocycles. The zero-order valence-corrected chi connectivity index (χ0v) is 16.2. The molecule has 0 N–H and O–H groups in total. The topological polar surface area (TPSA) is 58.4 Å². The van der Waals surface area contributed by atoms with E-state index in [0.29, 0.717) is 11.9 Å². The molecule has 144 valence electrons. The molecule has 3 aromatic rings. The van der Waals surface area contributed by atoms with Crippen LogP contribution in [-0.2, 0) is 11.3 Å². The van der Waals surface area contributed by atoms with E-state index in [2.05, 4.69) is 29.2 Å². The summed E-state index contributed by atoms with van der Waals surface area (Å²) in [7, 11) is 2.07. The number of piperazine rings is 1. The smallest absolute Gasteiger partial charge is 0.275 e. The van der Waals surface area contributed by atoms with Gasteiger partial charge in [-0.2, -0.15) is 5.10 Å². The van der Waals surface area contributed by atoms with E-state index >= 15 is 0 Å². The van der Waals surface area contributed by atoms with E-state index in [0.717, 1.165) is 29.7 Å². The summed E-state index contributed by atoms with van der Waals surface area (Å²) in [5, 5.41) is 5.82. The summed E-state index contributed by atoms with van der Waals surface area (Å²) in [5.74, 6) is -0.0776. The van der Waals surface area contributed by atoms with Gasteiger partial charge in [-0.3, -0.25) is 9.59 Å². The molecule has 0 saturated carbocycles. The fourth-order valence-electron chi connectivity index (χ4n) is 3.91. The van der Waals surface area contributed by atoms with Crippen molar-refractivity contribution in [2.45, 2.75) is 19.5 Å². The first-order chi connectivity index (χ1) is 13.5. The summed E-state index contributed by atoms with van der Waals surface area (Å²) < 4.78 is 1.31. The maximum absolute atomic E-state index is 13.2. The normalized spacial score (nSPS) is 17.8. The number of aromatic nitrogens is 2. The molecule has 2 heterocycles. The van der Waals surface area contributed by atoms with E-state index in [-0.39, 0.29) is 24.1 Å². The lowest BCUT2D eigenvalue weighted by Crippen LogP contribution is -2.50. The molecular formula is C22H24N4O2. The van der Waals surface area contributed by atoms with Gasteiger partial charge >= 0.3 is 0 Å². The lowest BCUT2D eigenvalue weighted by atomic mass is 10.0. The Hall–Kier alpha value is -2.99. The Labute approximate surface area is 164 Å². The first kappa shape index (κ1) is 18.4. The van der Waals surface area contributed by atoms with Gasteiger partial charge in [-0.1, -0.05) is 48.5 Å². The third-order valence-corrected chi connectivity index (χ3v) is 5.43. The number of benzene rings is 2. The second-order valence-corrected chi connectivity index (χ2v) is 7.37. The summed E-state index contributed by atoms with van der Waals surface area (Å²) in [6, 6.07) is 17.4. The minimum atomic E-state index is -0.222. The number of hydrogen-bond donors (Lipinski definition) is 0. The van der Waals surface area contributed by atoms with Crippen molar-refractivity contribution in [1.82, 2.24) is 19.6 Å². The van der Waals surface area contributed by atoms with E-state index in [1.807, 2.05) is 48.2 Å². The molecule has 0 aliphatic carbocycles. The van der Waals surface area contributed by atoms with E-state index in [1.165, 1.54) is 4.68 Å². The monoisotopic (exact) mass is 376 g/mol. The number of carbonyl (C=O) groups is 1. The largest absolute Gasteiger partial charge is 0.331 e. The van der Waals surface area contributed by atoms with Gasteiger partial charge < -0.3 is 9.80 Å². The van der Waals surface area contributed by atoms with Crippen LogP contribution in [-0.4, -0.2) is 52.2 Å². The van der Waals surface area contributed by atoms with E-state index in [9.17, 15) is 9.59 Å². The van der Waals surface area contributed by atoms with Crippen LogP contribution >= 0.6 is 0 Å². The van der Waals surface area contributed by atoms with Crippen LogP contribution in [0.4, 0.5) is 0 Å². The molecule has 6 heteroatoms. The summed E-state index contributed by atoms with van der Waals surface area (Å²) in [4.78, 5) is 30.1. The molecule has 2 aromatic carbocycles. The molecule has 0 spiro atoms. The van der Waals surface area contributed by atoms with Crippen molar-refractivity contribution in [3.05, 3.63) is 76.2 Å².